The van der Waals surface area contributed by atoms with Crippen LogP contribution in [0.15, 0.2) is 29.9 Å². The molecular formula is C10H8ClN5S. The van der Waals surface area contributed by atoms with Crippen molar-refractivity contribution in [3.8, 4) is 0 Å². The fourth-order valence-electron chi connectivity index (χ4n) is 1.51. The molecule has 0 aliphatic heterocycles. The van der Waals surface area contributed by atoms with Gasteiger partial charge in [0.2, 0.25) is 0 Å². The molecule has 3 aromatic heterocycles. The third-order valence-electron chi connectivity index (χ3n) is 2.23. The molecule has 0 aliphatic rings. The molecule has 0 amide bonds. The molecule has 0 unspecified atom stereocenters. The minimum Gasteiger partial charge on any atom is -0.363 e. The van der Waals surface area contributed by atoms with Crippen LogP contribution in [0.25, 0.3) is 5.65 Å². The van der Waals surface area contributed by atoms with Crippen LogP contribution in [0, 0.1) is 0 Å². The zero-order valence-corrected chi connectivity index (χ0v) is 10.2. The van der Waals surface area contributed by atoms with Crippen LogP contribution in [0.1, 0.15) is 5.01 Å². The molecule has 0 bridgehead atoms. The molecule has 0 saturated heterocycles. The minimum atomic E-state index is 0.444. The summed E-state index contributed by atoms with van der Waals surface area (Å²) in [6.45, 7) is 0.646. The first-order valence-corrected chi connectivity index (χ1v) is 6.21. The van der Waals surface area contributed by atoms with Crippen LogP contribution >= 0.6 is 22.9 Å². The van der Waals surface area contributed by atoms with Crippen LogP contribution < -0.4 is 5.32 Å². The molecule has 1 N–H and O–H groups in total. The van der Waals surface area contributed by atoms with Gasteiger partial charge in [0, 0.05) is 23.7 Å². The number of nitrogens with zero attached hydrogens (tertiary/aromatic N) is 4. The van der Waals surface area contributed by atoms with E-state index in [0.717, 1.165) is 16.5 Å². The second kappa shape index (κ2) is 4.31. The molecule has 86 valence electrons. The Balaban J connectivity index is 1.91. The number of thiazole rings is 1. The van der Waals surface area contributed by atoms with Crippen LogP contribution in [0.4, 0.5) is 5.82 Å². The van der Waals surface area contributed by atoms with Crippen LogP contribution in [0.5, 0.6) is 0 Å². The van der Waals surface area contributed by atoms with Gasteiger partial charge in [-0.05, 0) is 0 Å². The van der Waals surface area contributed by atoms with Crippen molar-refractivity contribution < 1.29 is 0 Å². The molecule has 0 atom stereocenters. The van der Waals surface area contributed by atoms with E-state index in [4.69, 9.17) is 11.6 Å². The lowest BCUT2D eigenvalue weighted by molar-refractivity contribution is 0.923. The predicted molar refractivity (Wildman–Crippen MR) is 67.4 cm³/mol. The molecule has 0 saturated carbocycles. The van der Waals surface area contributed by atoms with Crippen LogP contribution in [-0.4, -0.2) is 19.6 Å². The summed E-state index contributed by atoms with van der Waals surface area (Å²) in [4.78, 5) is 8.35. The van der Waals surface area contributed by atoms with E-state index in [-0.39, 0.29) is 0 Å². The Labute approximate surface area is 106 Å². The highest BCUT2D eigenvalue weighted by Crippen LogP contribution is 2.16. The van der Waals surface area contributed by atoms with E-state index in [1.165, 1.54) is 0 Å². The first kappa shape index (κ1) is 10.5. The monoisotopic (exact) mass is 265 g/mol. The summed E-state index contributed by atoms with van der Waals surface area (Å²) in [6, 6.07) is 3.55. The normalized spacial score (nSPS) is 10.9. The van der Waals surface area contributed by atoms with Crippen LogP contribution in [0.3, 0.4) is 0 Å². The summed E-state index contributed by atoms with van der Waals surface area (Å²) in [7, 11) is 0. The van der Waals surface area contributed by atoms with Gasteiger partial charge in [0.15, 0.2) is 5.65 Å². The van der Waals surface area contributed by atoms with E-state index in [9.17, 15) is 0 Å². The average Bonchev–Trinajstić information content (AvgIpc) is 2.95. The topological polar surface area (TPSA) is 55.1 Å². The number of aromatic nitrogens is 4. The second-order valence-corrected chi connectivity index (χ2v) is 4.71. The van der Waals surface area contributed by atoms with Crippen molar-refractivity contribution in [1.82, 2.24) is 19.6 Å². The van der Waals surface area contributed by atoms with Gasteiger partial charge in [-0.3, -0.25) is 0 Å². The third kappa shape index (κ3) is 2.09. The van der Waals surface area contributed by atoms with Gasteiger partial charge in [0.05, 0.1) is 12.7 Å². The number of halogens is 1. The van der Waals surface area contributed by atoms with Gasteiger partial charge in [-0.15, -0.1) is 11.3 Å². The highest BCUT2D eigenvalue weighted by Gasteiger charge is 2.05. The number of fused-ring (bicyclic) bond motifs is 1. The molecular weight excluding hydrogens is 258 g/mol. The van der Waals surface area contributed by atoms with E-state index in [1.54, 1.807) is 40.4 Å². The molecule has 0 fully saturated rings. The number of hydrogen-bond acceptors (Lipinski definition) is 5. The molecule has 0 aliphatic carbocycles. The number of anilines is 1. The van der Waals surface area contributed by atoms with Crippen LogP contribution in [-0.2, 0) is 6.54 Å². The van der Waals surface area contributed by atoms with Gasteiger partial charge < -0.3 is 5.32 Å². The molecule has 5 nitrogen and oxygen atoms in total. The first-order chi connectivity index (χ1) is 8.33. The lowest BCUT2D eigenvalue weighted by Crippen LogP contribution is -2.05. The summed E-state index contributed by atoms with van der Waals surface area (Å²) < 4.78 is 1.71. The van der Waals surface area contributed by atoms with E-state index in [1.807, 2.05) is 5.38 Å². The molecule has 17 heavy (non-hydrogen) atoms. The van der Waals surface area contributed by atoms with Crippen molar-refractivity contribution in [3.05, 3.63) is 40.1 Å². The quantitative estimate of drug-likeness (QED) is 0.739. The fourth-order valence-corrected chi connectivity index (χ4v) is 2.26. The van der Waals surface area contributed by atoms with Crippen molar-refractivity contribution in [2.75, 3.05) is 5.32 Å². The van der Waals surface area contributed by atoms with E-state index in [0.29, 0.717) is 11.7 Å². The van der Waals surface area contributed by atoms with Gasteiger partial charge in [-0.2, -0.15) is 9.61 Å². The van der Waals surface area contributed by atoms with E-state index < -0.39 is 0 Å². The van der Waals surface area contributed by atoms with Crippen molar-refractivity contribution in [1.29, 1.82) is 0 Å². The molecule has 3 heterocycles. The first-order valence-electron chi connectivity index (χ1n) is 4.95. The van der Waals surface area contributed by atoms with Crippen molar-refractivity contribution in [3.63, 3.8) is 0 Å². The van der Waals surface area contributed by atoms with Crippen molar-refractivity contribution >= 4 is 34.4 Å². The molecule has 3 aromatic rings. The minimum absolute atomic E-state index is 0.444. The summed E-state index contributed by atoms with van der Waals surface area (Å²) >= 11 is 7.54. The Morgan fingerprint density at radius 1 is 1.41 bits per heavy atom. The average molecular weight is 266 g/mol. The van der Waals surface area contributed by atoms with Crippen molar-refractivity contribution in [2.24, 2.45) is 0 Å². The SMILES string of the molecule is Clc1cc(NCc2nccs2)n2nccc2n1. The van der Waals surface area contributed by atoms with Gasteiger partial charge in [0.25, 0.3) is 0 Å². The van der Waals surface area contributed by atoms with Crippen LogP contribution in [0.2, 0.25) is 5.15 Å². The summed E-state index contributed by atoms with van der Waals surface area (Å²) in [5, 5.41) is 10.8. The smallest absolute Gasteiger partial charge is 0.159 e. The number of hydrogen-bond donors (Lipinski definition) is 1. The third-order valence-corrected chi connectivity index (χ3v) is 3.21. The zero-order valence-electron chi connectivity index (χ0n) is 8.67. The van der Waals surface area contributed by atoms with Gasteiger partial charge in [0.1, 0.15) is 16.0 Å². The Morgan fingerprint density at radius 3 is 3.18 bits per heavy atom. The predicted octanol–water partition coefficient (Wildman–Crippen LogP) is 2.45. The van der Waals surface area contributed by atoms with E-state index in [2.05, 4.69) is 20.4 Å². The Kier molecular flexibility index (Phi) is 2.66. The zero-order chi connectivity index (χ0) is 11.7. The Bertz CT molecular complexity index is 633. The fraction of sp³-hybridized carbons (Fsp3) is 0.100. The molecule has 0 spiro atoms. The van der Waals surface area contributed by atoms with Gasteiger partial charge >= 0.3 is 0 Å². The Morgan fingerprint density at radius 2 is 2.35 bits per heavy atom. The van der Waals surface area contributed by atoms with E-state index >= 15 is 0 Å². The molecule has 0 radical (unpaired) electrons. The lowest BCUT2D eigenvalue weighted by Gasteiger charge is -2.06. The maximum atomic E-state index is 5.94. The maximum Gasteiger partial charge on any atom is 0.159 e. The standard InChI is InChI=1S/C10H8ClN5S/c11-7-5-9(13-6-10-12-3-4-17-10)16-8(15-7)1-2-14-16/h1-5,13H,6H2. The summed E-state index contributed by atoms with van der Waals surface area (Å²) in [5.74, 6) is 0.806. The lowest BCUT2D eigenvalue weighted by atomic mass is 10.5. The molecule has 3 rings (SSSR count). The molecule has 0 aromatic carbocycles. The highest BCUT2D eigenvalue weighted by atomic mass is 35.5. The van der Waals surface area contributed by atoms with Gasteiger partial charge in [-0.25, -0.2) is 9.97 Å². The number of rotatable bonds is 3. The summed E-state index contributed by atoms with van der Waals surface area (Å²) in [6.07, 6.45) is 3.47. The largest absolute Gasteiger partial charge is 0.363 e. The highest BCUT2D eigenvalue weighted by molar-refractivity contribution is 7.09. The molecule has 7 heteroatoms. The van der Waals surface area contributed by atoms with Crippen molar-refractivity contribution in [2.45, 2.75) is 6.54 Å². The Hall–Kier alpha value is -1.66. The maximum absolute atomic E-state index is 5.94. The summed E-state index contributed by atoms with van der Waals surface area (Å²) in [5.41, 5.74) is 0.721. The number of nitrogens with one attached hydrogen (secondary N) is 1. The second-order valence-electron chi connectivity index (χ2n) is 3.34. The van der Waals surface area contributed by atoms with Gasteiger partial charge in [-0.1, -0.05) is 11.6 Å².